The van der Waals surface area contributed by atoms with Gasteiger partial charge in [0.2, 0.25) is 0 Å². The van der Waals surface area contributed by atoms with E-state index in [-0.39, 0.29) is 11.4 Å². The molecule has 0 fully saturated rings. The maximum Gasteiger partial charge on any atom is 0.334 e. The van der Waals surface area contributed by atoms with Gasteiger partial charge < -0.3 is 4.74 Å². The number of ether oxygens (including phenoxy) is 1. The molecule has 1 aromatic heterocycles. The lowest BCUT2D eigenvalue weighted by molar-refractivity contribution is -0.385. The van der Waals surface area contributed by atoms with Crippen LogP contribution in [0.3, 0.4) is 0 Å². The van der Waals surface area contributed by atoms with Gasteiger partial charge in [-0.25, -0.2) is 4.98 Å². The maximum absolute atomic E-state index is 11.3. The lowest BCUT2D eigenvalue weighted by Crippen LogP contribution is -2.05. The van der Waals surface area contributed by atoms with Crippen molar-refractivity contribution >= 4 is 5.69 Å². The Morgan fingerprint density at radius 2 is 2.21 bits per heavy atom. The number of aryl methyl sites for hydroxylation is 1. The van der Waals surface area contributed by atoms with Gasteiger partial charge in [0.25, 0.3) is 0 Å². The molecule has 0 spiro atoms. The van der Waals surface area contributed by atoms with Gasteiger partial charge in [-0.05, 0) is 19.1 Å². The van der Waals surface area contributed by atoms with Gasteiger partial charge in [-0.15, -0.1) is 0 Å². The first kappa shape index (κ1) is 13.1. The minimum atomic E-state index is -0.417. The predicted octanol–water partition coefficient (Wildman–Crippen LogP) is 2.74. The smallest absolute Gasteiger partial charge is 0.334 e. The Morgan fingerprint density at radius 3 is 2.84 bits per heavy atom. The number of imidazole rings is 1. The zero-order valence-electron chi connectivity index (χ0n) is 10.9. The lowest BCUT2D eigenvalue weighted by Gasteiger charge is -2.10. The molecule has 1 aromatic carbocycles. The van der Waals surface area contributed by atoms with Crippen molar-refractivity contribution in [1.29, 1.82) is 0 Å². The minimum Gasteiger partial charge on any atom is -0.487 e. The SMILES string of the molecule is CCOc1cccc(-n2ccnc2CC)c1[N+](=O)[O-]. The van der Waals surface area contributed by atoms with Crippen LogP contribution < -0.4 is 4.74 Å². The van der Waals surface area contributed by atoms with E-state index in [2.05, 4.69) is 4.98 Å². The Hall–Kier alpha value is -2.37. The van der Waals surface area contributed by atoms with E-state index >= 15 is 0 Å². The van der Waals surface area contributed by atoms with Crippen molar-refractivity contribution in [2.75, 3.05) is 6.61 Å². The van der Waals surface area contributed by atoms with Gasteiger partial charge in [0.1, 0.15) is 11.5 Å². The molecule has 0 aliphatic carbocycles. The van der Waals surface area contributed by atoms with Crippen molar-refractivity contribution in [1.82, 2.24) is 9.55 Å². The van der Waals surface area contributed by atoms with Crippen LogP contribution in [0.15, 0.2) is 30.6 Å². The molecule has 6 heteroatoms. The van der Waals surface area contributed by atoms with Crippen LogP contribution >= 0.6 is 0 Å². The number of hydrogen-bond donors (Lipinski definition) is 0. The fourth-order valence-corrected chi connectivity index (χ4v) is 1.98. The fraction of sp³-hybridized carbons (Fsp3) is 0.308. The van der Waals surface area contributed by atoms with Gasteiger partial charge in [-0.2, -0.15) is 0 Å². The summed E-state index contributed by atoms with van der Waals surface area (Å²) < 4.78 is 7.06. The van der Waals surface area contributed by atoms with Crippen LogP contribution in [0.4, 0.5) is 5.69 Å². The quantitative estimate of drug-likeness (QED) is 0.613. The standard InChI is InChI=1S/C13H15N3O3/c1-3-12-14-8-9-15(12)10-6-5-7-11(19-4-2)13(10)16(17)18/h5-9H,3-4H2,1-2H3. The average molecular weight is 261 g/mol. The number of nitro benzene ring substituents is 1. The van der Waals surface area contributed by atoms with E-state index in [1.54, 1.807) is 42.1 Å². The first-order valence-electron chi connectivity index (χ1n) is 6.11. The molecule has 100 valence electrons. The third-order valence-electron chi connectivity index (χ3n) is 2.75. The summed E-state index contributed by atoms with van der Waals surface area (Å²) >= 11 is 0. The summed E-state index contributed by atoms with van der Waals surface area (Å²) in [5.41, 5.74) is 0.447. The van der Waals surface area contributed by atoms with Crippen molar-refractivity contribution < 1.29 is 9.66 Å². The molecule has 0 aliphatic rings. The van der Waals surface area contributed by atoms with E-state index in [1.807, 2.05) is 6.92 Å². The van der Waals surface area contributed by atoms with Crippen LogP contribution in [0.25, 0.3) is 5.69 Å². The first-order chi connectivity index (χ1) is 9.19. The molecule has 2 rings (SSSR count). The molecule has 0 atom stereocenters. The van der Waals surface area contributed by atoms with Gasteiger partial charge in [-0.1, -0.05) is 13.0 Å². The molecule has 0 bridgehead atoms. The van der Waals surface area contributed by atoms with Crippen molar-refractivity contribution in [2.45, 2.75) is 20.3 Å². The van der Waals surface area contributed by atoms with E-state index in [1.165, 1.54) is 0 Å². The van der Waals surface area contributed by atoms with Crippen molar-refractivity contribution in [2.24, 2.45) is 0 Å². The maximum atomic E-state index is 11.3. The summed E-state index contributed by atoms with van der Waals surface area (Å²) in [6, 6.07) is 5.04. The normalized spacial score (nSPS) is 10.4. The van der Waals surface area contributed by atoms with Gasteiger partial charge in [0, 0.05) is 18.8 Å². The molecule has 6 nitrogen and oxygen atoms in total. The molecule has 1 heterocycles. The van der Waals surface area contributed by atoms with E-state index in [9.17, 15) is 10.1 Å². The predicted molar refractivity (Wildman–Crippen MR) is 70.8 cm³/mol. The second kappa shape index (κ2) is 5.51. The van der Waals surface area contributed by atoms with Gasteiger partial charge >= 0.3 is 5.69 Å². The lowest BCUT2D eigenvalue weighted by atomic mass is 10.2. The molecular weight excluding hydrogens is 246 g/mol. The number of benzene rings is 1. The Balaban J connectivity index is 2.63. The van der Waals surface area contributed by atoms with Crippen LogP contribution in [0.5, 0.6) is 5.75 Å². The molecule has 0 N–H and O–H groups in total. The van der Waals surface area contributed by atoms with Crippen molar-refractivity contribution in [3.05, 3.63) is 46.5 Å². The van der Waals surface area contributed by atoms with Crippen LogP contribution in [-0.2, 0) is 6.42 Å². The third-order valence-corrected chi connectivity index (χ3v) is 2.75. The molecule has 0 radical (unpaired) electrons. The second-order valence-corrected chi connectivity index (χ2v) is 3.88. The Labute approximate surface area is 110 Å². The third kappa shape index (κ3) is 2.42. The summed E-state index contributed by atoms with van der Waals surface area (Å²) in [5, 5.41) is 11.3. The summed E-state index contributed by atoms with van der Waals surface area (Å²) in [6.45, 7) is 4.14. The highest BCUT2D eigenvalue weighted by molar-refractivity contribution is 5.61. The Morgan fingerprint density at radius 1 is 1.42 bits per heavy atom. The van der Waals surface area contributed by atoms with Crippen molar-refractivity contribution in [3.63, 3.8) is 0 Å². The molecule has 0 aliphatic heterocycles. The highest BCUT2D eigenvalue weighted by Crippen LogP contribution is 2.33. The number of rotatable bonds is 5. The zero-order valence-corrected chi connectivity index (χ0v) is 10.9. The van der Waals surface area contributed by atoms with Crippen LogP contribution in [0, 0.1) is 10.1 Å². The summed E-state index contributed by atoms with van der Waals surface area (Å²) in [7, 11) is 0. The van der Waals surface area contributed by atoms with E-state index in [0.29, 0.717) is 18.7 Å². The molecule has 0 saturated carbocycles. The van der Waals surface area contributed by atoms with Gasteiger partial charge in [0.15, 0.2) is 5.75 Å². The molecule has 2 aromatic rings. The topological polar surface area (TPSA) is 70.2 Å². The molecule has 19 heavy (non-hydrogen) atoms. The summed E-state index contributed by atoms with van der Waals surface area (Å²) in [5.74, 6) is 1.05. The van der Waals surface area contributed by atoms with Crippen molar-refractivity contribution in [3.8, 4) is 11.4 Å². The average Bonchev–Trinajstić information content (AvgIpc) is 2.86. The number of hydrogen-bond acceptors (Lipinski definition) is 4. The first-order valence-corrected chi connectivity index (χ1v) is 6.11. The number of nitro groups is 1. The monoisotopic (exact) mass is 261 g/mol. The highest BCUT2D eigenvalue weighted by Gasteiger charge is 2.23. The molecule has 0 saturated heterocycles. The summed E-state index contributed by atoms with van der Waals surface area (Å²) in [4.78, 5) is 15.1. The van der Waals surface area contributed by atoms with Crippen LogP contribution in [0.2, 0.25) is 0 Å². The van der Waals surface area contributed by atoms with E-state index in [0.717, 1.165) is 5.82 Å². The number of nitrogens with zero attached hydrogens (tertiary/aromatic N) is 3. The van der Waals surface area contributed by atoms with Gasteiger partial charge in [0.05, 0.1) is 11.5 Å². The number of para-hydroxylation sites is 1. The minimum absolute atomic E-state index is 0.0305. The second-order valence-electron chi connectivity index (χ2n) is 3.88. The van der Waals surface area contributed by atoms with Crippen LogP contribution in [0.1, 0.15) is 19.7 Å². The molecule has 0 amide bonds. The zero-order chi connectivity index (χ0) is 13.8. The number of aromatic nitrogens is 2. The Bertz CT molecular complexity index is 593. The van der Waals surface area contributed by atoms with Crippen LogP contribution in [-0.4, -0.2) is 21.1 Å². The van der Waals surface area contributed by atoms with Gasteiger partial charge in [-0.3, -0.25) is 14.7 Å². The summed E-state index contributed by atoms with van der Waals surface area (Å²) in [6.07, 6.45) is 4.05. The largest absolute Gasteiger partial charge is 0.487 e. The highest BCUT2D eigenvalue weighted by atomic mass is 16.6. The molecule has 0 unspecified atom stereocenters. The fourth-order valence-electron chi connectivity index (χ4n) is 1.98. The van der Waals surface area contributed by atoms with E-state index < -0.39 is 4.92 Å². The van der Waals surface area contributed by atoms with E-state index in [4.69, 9.17) is 4.74 Å². The Kier molecular flexibility index (Phi) is 3.79. The molecular formula is C13H15N3O3.